The summed E-state index contributed by atoms with van der Waals surface area (Å²) in [6.07, 6.45) is 8.37. The minimum atomic E-state index is -1.14. The summed E-state index contributed by atoms with van der Waals surface area (Å²) in [6, 6.07) is 2.43. The van der Waals surface area contributed by atoms with Gasteiger partial charge in [0.05, 0.1) is 25.7 Å². The van der Waals surface area contributed by atoms with Crippen LogP contribution in [0.2, 0.25) is 0 Å². The third-order valence-electron chi connectivity index (χ3n) is 10.9. The molecule has 8 rings (SSSR count). The zero-order chi connectivity index (χ0) is 29.9. The summed E-state index contributed by atoms with van der Waals surface area (Å²) in [7, 11) is 1.48. The molecular weight excluding hydrogens is 552 g/mol. The average Bonchev–Trinajstić information content (AvgIpc) is 3.67. The summed E-state index contributed by atoms with van der Waals surface area (Å²) >= 11 is 0. The summed E-state index contributed by atoms with van der Waals surface area (Å²) in [5.74, 6) is 1.55. The van der Waals surface area contributed by atoms with E-state index in [0.29, 0.717) is 71.8 Å². The Morgan fingerprint density at radius 1 is 1.16 bits per heavy atom. The number of carbonyl (C=O) groups is 3. The summed E-state index contributed by atoms with van der Waals surface area (Å²) in [6.45, 7) is 0.867. The van der Waals surface area contributed by atoms with E-state index in [1.54, 1.807) is 18.2 Å². The van der Waals surface area contributed by atoms with Crippen molar-refractivity contribution in [1.82, 2.24) is 10.2 Å². The van der Waals surface area contributed by atoms with Crippen molar-refractivity contribution in [3.63, 3.8) is 0 Å². The minimum Gasteiger partial charge on any atom is -0.493 e. The number of aldehydes is 1. The van der Waals surface area contributed by atoms with Crippen molar-refractivity contribution in [1.29, 1.82) is 0 Å². The van der Waals surface area contributed by atoms with Gasteiger partial charge in [0.1, 0.15) is 24.6 Å². The maximum absolute atomic E-state index is 14.3. The zero-order valence-electron chi connectivity index (χ0n) is 24.7. The minimum absolute atomic E-state index is 0.00564. The molecule has 2 amide bonds. The van der Waals surface area contributed by atoms with Crippen molar-refractivity contribution in [3.05, 3.63) is 34.9 Å². The maximum atomic E-state index is 14.3. The zero-order valence-corrected chi connectivity index (χ0v) is 24.7. The van der Waals surface area contributed by atoms with Crippen molar-refractivity contribution >= 4 is 18.1 Å². The Balaban J connectivity index is 1.30. The molecule has 5 atom stereocenters. The van der Waals surface area contributed by atoms with Crippen molar-refractivity contribution in [3.8, 4) is 11.5 Å². The molecule has 4 bridgehead atoms. The smallest absolute Gasteiger partial charge is 0.252 e. The van der Waals surface area contributed by atoms with E-state index in [2.05, 4.69) is 5.32 Å². The number of nitrogens with zero attached hydrogens (tertiary/aromatic N) is 1. The first-order valence-corrected chi connectivity index (χ1v) is 15.9. The molecule has 7 aliphatic rings. The van der Waals surface area contributed by atoms with Gasteiger partial charge in [-0.3, -0.25) is 14.4 Å². The summed E-state index contributed by atoms with van der Waals surface area (Å²) in [4.78, 5) is 41.5. The van der Waals surface area contributed by atoms with Crippen LogP contribution in [0.4, 0.5) is 0 Å². The molecule has 1 aromatic carbocycles. The molecule has 5 fully saturated rings. The summed E-state index contributed by atoms with van der Waals surface area (Å²) in [5, 5.41) is 24.3. The fourth-order valence-corrected chi connectivity index (χ4v) is 9.69. The van der Waals surface area contributed by atoms with Gasteiger partial charge in [-0.2, -0.15) is 0 Å². The Kier molecular flexibility index (Phi) is 7.50. The number of nitrogens with one attached hydrogen (secondary N) is 1. The van der Waals surface area contributed by atoms with Gasteiger partial charge >= 0.3 is 0 Å². The van der Waals surface area contributed by atoms with E-state index in [4.69, 9.17) is 14.2 Å². The van der Waals surface area contributed by atoms with Gasteiger partial charge in [0.2, 0.25) is 5.91 Å². The first-order valence-electron chi connectivity index (χ1n) is 15.9. The molecule has 2 heterocycles. The second-order valence-corrected chi connectivity index (χ2v) is 13.8. The van der Waals surface area contributed by atoms with Crippen LogP contribution in [0.1, 0.15) is 73.2 Å². The number of aliphatic hydroxyl groups is 2. The predicted octanol–water partition coefficient (Wildman–Crippen LogP) is 2.35. The Morgan fingerprint density at radius 2 is 1.88 bits per heavy atom. The standard InChI is InChI=1S/C33H42N2O8/c1-41-26-11-21(16-37)10-22-27-23(31(39)34-4-5-36)12-24(28(38)30(27)43-29(22)26)35(32(40)25-3-2-6-42-25)17-33-13-18-7-19(14-33)9-20(8-18)15-33/h10-12,16,18-20,24-25,27-28,30,36,38H,2-9,13-15,17H2,1H3,(H,34,39). The molecular formula is C33H42N2O8. The topological polar surface area (TPSA) is 135 Å². The number of methoxy groups -OCH3 is 1. The number of rotatable bonds is 9. The third kappa shape index (κ3) is 4.95. The summed E-state index contributed by atoms with van der Waals surface area (Å²) in [5.41, 5.74) is 1.28. The highest BCUT2D eigenvalue weighted by molar-refractivity contribution is 5.96. The molecule has 0 spiro atoms. The molecule has 1 saturated heterocycles. The second kappa shape index (κ2) is 11.2. The fourth-order valence-electron chi connectivity index (χ4n) is 9.69. The van der Waals surface area contributed by atoms with Crippen LogP contribution in [0.15, 0.2) is 23.8 Å². The van der Waals surface area contributed by atoms with E-state index in [9.17, 15) is 24.6 Å². The highest BCUT2D eigenvalue weighted by atomic mass is 16.5. The lowest BCUT2D eigenvalue weighted by Crippen LogP contribution is -2.61. The quantitative estimate of drug-likeness (QED) is 0.371. The molecule has 43 heavy (non-hydrogen) atoms. The SMILES string of the molecule is COc1cc(C=O)cc2c1OC1C2C(C(=O)NCCO)=CC(N(CC23CC4CC(CC(C4)C2)C3)C(=O)C2CCCO2)C1O. The molecule has 2 aliphatic heterocycles. The Labute approximate surface area is 251 Å². The van der Waals surface area contributed by atoms with Crippen molar-refractivity contribution < 1.29 is 38.8 Å². The Hall–Kier alpha value is -2.95. The van der Waals surface area contributed by atoms with Crippen LogP contribution in [-0.2, 0) is 14.3 Å². The van der Waals surface area contributed by atoms with E-state index in [1.165, 1.54) is 26.4 Å². The van der Waals surface area contributed by atoms with Crippen LogP contribution in [-0.4, -0.2) is 91.0 Å². The number of ether oxygens (including phenoxy) is 3. The van der Waals surface area contributed by atoms with Crippen LogP contribution in [0.3, 0.4) is 0 Å². The number of hydrogen-bond acceptors (Lipinski definition) is 8. The van der Waals surface area contributed by atoms with Gasteiger partial charge in [-0.25, -0.2) is 0 Å². The Bertz CT molecular complexity index is 1280. The number of benzene rings is 1. The van der Waals surface area contributed by atoms with E-state index in [1.807, 2.05) is 4.90 Å². The first kappa shape index (κ1) is 28.8. The van der Waals surface area contributed by atoms with E-state index in [-0.39, 0.29) is 24.5 Å². The van der Waals surface area contributed by atoms with Gasteiger partial charge in [0.15, 0.2) is 11.5 Å². The number of hydrogen-bond donors (Lipinski definition) is 3. The molecule has 5 unspecified atom stereocenters. The number of carbonyl (C=O) groups excluding carboxylic acids is 3. The molecule has 5 aliphatic carbocycles. The number of amides is 2. The largest absolute Gasteiger partial charge is 0.493 e. The third-order valence-corrected chi connectivity index (χ3v) is 10.9. The monoisotopic (exact) mass is 594 g/mol. The highest BCUT2D eigenvalue weighted by Gasteiger charge is 2.56. The van der Waals surface area contributed by atoms with Crippen molar-refractivity contribution in [2.45, 2.75) is 81.6 Å². The van der Waals surface area contributed by atoms with E-state index in [0.717, 1.165) is 25.7 Å². The number of aliphatic hydroxyl groups excluding tert-OH is 2. The average molecular weight is 595 g/mol. The van der Waals surface area contributed by atoms with Crippen LogP contribution in [0.25, 0.3) is 0 Å². The van der Waals surface area contributed by atoms with Crippen LogP contribution >= 0.6 is 0 Å². The fraction of sp³-hybridized carbons (Fsp3) is 0.667. The summed E-state index contributed by atoms with van der Waals surface area (Å²) < 4.78 is 17.8. The van der Waals surface area contributed by atoms with Gasteiger partial charge in [-0.1, -0.05) is 0 Å². The maximum Gasteiger partial charge on any atom is 0.252 e. The molecule has 10 nitrogen and oxygen atoms in total. The van der Waals surface area contributed by atoms with Gasteiger partial charge in [-0.15, -0.1) is 0 Å². The lowest BCUT2D eigenvalue weighted by atomic mass is 9.49. The predicted molar refractivity (Wildman–Crippen MR) is 155 cm³/mol. The Morgan fingerprint density at radius 3 is 2.49 bits per heavy atom. The molecule has 0 radical (unpaired) electrons. The second-order valence-electron chi connectivity index (χ2n) is 13.8. The lowest BCUT2D eigenvalue weighted by Gasteiger charge is -2.58. The van der Waals surface area contributed by atoms with E-state index < -0.39 is 36.2 Å². The molecule has 3 N–H and O–H groups in total. The molecule has 232 valence electrons. The molecule has 10 heteroatoms. The van der Waals surface area contributed by atoms with Crippen LogP contribution in [0.5, 0.6) is 11.5 Å². The van der Waals surface area contributed by atoms with E-state index >= 15 is 0 Å². The van der Waals surface area contributed by atoms with Crippen LogP contribution < -0.4 is 14.8 Å². The first-order chi connectivity index (χ1) is 20.8. The highest BCUT2D eigenvalue weighted by Crippen LogP contribution is 2.60. The normalized spacial score (nSPS) is 36.8. The van der Waals surface area contributed by atoms with Gasteiger partial charge in [0, 0.05) is 36.4 Å². The van der Waals surface area contributed by atoms with Crippen molar-refractivity contribution in [2.75, 3.05) is 33.4 Å². The number of fused-ring (bicyclic) bond motifs is 3. The lowest BCUT2D eigenvalue weighted by molar-refractivity contribution is -0.154. The molecule has 0 aromatic heterocycles. The molecule has 4 saturated carbocycles. The van der Waals surface area contributed by atoms with Gasteiger partial charge < -0.3 is 34.6 Å². The molecule has 1 aromatic rings. The van der Waals surface area contributed by atoms with Crippen molar-refractivity contribution in [2.24, 2.45) is 23.2 Å². The van der Waals surface area contributed by atoms with Crippen LogP contribution in [0, 0.1) is 23.2 Å². The van der Waals surface area contributed by atoms with Gasteiger partial charge in [-0.05, 0) is 92.7 Å². The van der Waals surface area contributed by atoms with Gasteiger partial charge in [0.25, 0.3) is 5.91 Å².